The van der Waals surface area contributed by atoms with E-state index in [2.05, 4.69) is 47.2 Å². The standard InChI is InChI=1S/C16H19Cl2N3/c1-4-19-15-13(17)10-14(18)16(20-15)21(5-2)12-8-6-7-11(3)9-12/h6-10H,4-5H2,1-3H3,(H,19,20). The van der Waals surface area contributed by atoms with Crippen LogP contribution in [0.3, 0.4) is 0 Å². The summed E-state index contributed by atoms with van der Waals surface area (Å²) in [5, 5.41) is 4.24. The maximum absolute atomic E-state index is 6.35. The van der Waals surface area contributed by atoms with Crippen LogP contribution in [0.15, 0.2) is 30.3 Å². The van der Waals surface area contributed by atoms with Gasteiger partial charge < -0.3 is 10.2 Å². The van der Waals surface area contributed by atoms with E-state index in [1.807, 2.05) is 13.0 Å². The summed E-state index contributed by atoms with van der Waals surface area (Å²) in [6.45, 7) is 7.67. The second-order valence-corrected chi connectivity index (χ2v) is 5.55. The molecule has 0 aliphatic heterocycles. The third kappa shape index (κ3) is 3.60. The maximum Gasteiger partial charge on any atom is 0.154 e. The Labute approximate surface area is 135 Å². The van der Waals surface area contributed by atoms with E-state index < -0.39 is 0 Å². The Morgan fingerprint density at radius 2 is 1.90 bits per heavy atom. The average molecular weight is 324 g/mol. The first-order valence-electron chi connectivity index (χ1n) is 7.01. The van der Waals surface area contributed by atoms with Gasteiger partial charge in [0.15, 0.2) is 5.82 Å². The lowest BCUT2D eigenvalue weighted by Gasteiger charge is -2.24. The number of hydrogen-bond acceptors (Lipinski definition) is 3. The summed E-state index contributed by atoms with van der Waals surface area (Å²) in [5.41, 5.74) is 2.26. The van der Waals surface area contributed by atoms with Crippen LogP contribution < -0.4 is 10.2 Å². The van der Waals surface area contributed by atoms with Crippen molar-refractivity contribution in [2.45, 2.75) is 20.8 Å². The zero-order valence-electron chi connectivity index (χ0n) is 12.5. The van der Waals surface area contributed by atoms with Crippen molar-refractivity contribution < 1.29 is 0 Å². The van der Waals surface area contributed by atoms with Crippen LogP contribution in [0.2, 0.25) is 10.0 Å². The molecule has 0 amide bonds. The highest BCUT2D eigenvalue weighted by Crippen LogP contribution is 2.35. The monoisotopic (exact) mass is 323 g/mol. The number of hydrogen-bond donors (Lipinski definition) is 1. The number of pyridine rings is 1. The predicted octanol–water partition coefficient (Wildman–Crippen LogP) is 5.29. The molecule has 1 aromatic carbocycles. The number of aryl methyl sites for hydroxylation is 1. The quantitative estimate of drug-likeness (QED) is 0.810. The highest BCUT2D eigenvalue weighted by Gasteiger charge is 2.16. The van der Waals surface area contributed by atoms with Crippen LogP contribution in [0, 0.1) is 6.92 Å². The number of aromatic nitrogens is 1. The molecule has 21 heavy (non-hydrogen) atoms. The fourth-order valence-corrected chi connectivity index (χ4v) is 2.72. The highest BCUT2D eigenvalue weighted by atomic mass is 35.5. The molecule has 2 rings (SSSR count). The van der Waals surface area contributed by atoms with E-state index in [0.717, 1.165) is 18.8 Å². The van der Waals surface area contributed by atoms with Gasteiger partial charge in [0.25, 0.3) is 0 Å². The van der Waals surface area contributed by atoms with Gasteiger partial charge in [-0.1, -0.05) is 35.3 Å². The molecule has 0 bridgehead atoms. The Morgan fingerprint density at radius 1 is 1.14 bits per heavy atom. The van der Waals surface area contributed by atoms with E-state index in [1.165, 1.54) is 5.56 Å². The van der Waals surface area contributed by atoms with Gasteiger partial charge in [-0.2, -0.15) is 0 Å². The fourth-order valence-electron chi connectivity index (χ4n) is 2.19. The number of anilines is 3. The average Bonchev–Trinajstić information content (AvgIpc) is 2.44. The first-order valence-corrected chi connectivity index (χ1v) is 7.76. The molecule has 1 aromatic heterocycles. The van der Waals surface area contributed by atoms with Crippen molar-refractivity contribution in [2.24, 2.45) is 0 Å². The Bertz CT molecular complexity index is 629. The van der Waals surface area contributed by atoms with Crippen LogP contribution in [0.1, 0.15) is 19.4 Å². The third-order valence-electron chi connectivity index (χ3n) is 3.14. The van der Waals surface area contributed by atoms with E-state index in [4.69, 9.17) is 23.2 Å². The van der Waals surface area contributed by atoms with Gasteiger partial charge in [0.2, 0.25) is 0 Å². The van der Waals surface area contributed by atoms with Crippen molar-refractivity contribution in [1.82, 2.24) is 4.98 Å². The SMILES string of the molecule is CCNc1nc(N(CC)c2cccc(C)c2)c(Cl)cc1Cl. The number of nitrogens with one attached hydrogen (secondary N) is 1. The molecule has 0 fully saturated rings. The van der Waals surface area contributed by atoms with E-state index in [-0.39, 0.29) is 0 Å². The van der Waals surface area contributed by atoms with Gasteiger partial charge in [-0.25, -0.2) is 4.98 Å². The van der Waals surface area contributed by atoms with Crippen molar-refractivity contribution in [1.29, 1.82) is 0 Å². The Balaban J connectivity index is 2.49. The Morgan fingerprint density at radius 3 is 2.52 bits per heavy atom. The van der Waals surface area contributed by atoms with Crippen LogP contribution in [0.5, 0.6) is 0 Å². The topological polar surface area (TPSA) is 28.2 Å². The van der Waals surface area contributed by atoms with Crippen LogP contribution in [0.25, 0.3) is 0 Å². The van der Waals surface area contributed by atoms with Gasteiger partial charge in [0.05, 0.1) is 10.0 Å². The number of halogens is 2. The van der Waals surface area contributed by atoms with E-state index in [1.54, 1.807) is 6.07 Å². The highest BCUT2D eigenvalue weighted by molar-refractivity contribution is 6.37. The molecular formula is C16H19Cl2N3. The zero-order valence-corrected chi connectivity index (χ0v) is 14.0. The molecule has 0 saturated carbocycles. The van der Waals surface area contributed by atoms with Gasteiger partial charge in [-0.15, -0.1) is 0 Å². The lowest BCUT2D eigenvalue weighted by Crippen LogP contribution is -2.18. The Kier molecular flexibility index (Phi) is 5.32. The minimum Gasteiger partial charge on any atom is -0.369 e. The second-order valence-electron chi connectivity index (χ2n) is 4.74. The molecule has 3 nitrogen and oxygen atoms in total. The van der Waals surface area contributed by atoms with Crippen LogP contribution in [-0.2, 0) is 0 Å². The summed E-state index contributed by atoms with van der Waals surface area (Å²) in [6.07, 6.45) is 0. The molecule has 112 valence electrons. The number of rotatable bonds is 5. The maximum atomic E-state index is 6.35. The van der Waals surface area contributed by atoms with Crippen LogP contribution in [-0.4, -0.2) is 18.1 Å². The summed E-state index contributed by atoms with van der Waals surface area (Å²) in [5.74, 6) is 1.37. The Hall–Kier alpha value is -1.45. The fraction of sp³-hybridized carbons (Fsp3) is 0.312. The molecule has 0 unspecified atom stereocenters. The minimum absolute atomic E-state index is 0.533. The molecule has 0 saturated heterocycles. The lowest BCUT2D eigenvalue weighted by molar-refractivity contribution is 0.986. The molecule has 2 aromatic rings. The number of nitrogens with zero attached hydrogens (tertiary/aromatic N) is 2. The van der Waals surface area contributed by atoms with Gasteiger partial charge in [0.1, 0.15) is 5.82 Å². The van der Waals surface area contributed by atoms with E-state index in [9.17, 15) is 0 Å². The summed E-state index contributed by atoms with van der Waals surface area (Å²) in [6, 6.07) is 10.0. The molecule has 0 atom stereocenters. The summed E-state index contributed by atoms with van der Waals surface area (Å²) in [7, 11) is 0. The van der Waals surface area contributed by atoms with Crippen molar-refractivity contribution in [3.63, 3.8) is 0 Å². The van der Waals surface area contributed by atoms with Gasteiger partial charge in [-0.3, -0.25) is 0 Å². The van der Waals surface area contributed by atoms with Gasteiger partial charge in [-0.05, 0) is 44.5 Å². The normalized spacial score (nSPS) is 10.5. The molecule has 0 aliphatic rings. The predicted molar refractivity (Wildman–Crippen MR) is 92.3 cm³/mol. The lowest BCUT2D eigenvalue weighted by atomic mass is 10.2. The molecular weight excluding hydrogens is 305 g/mol. The second kappa shape index (κ2) is 7.01. The smallest absolute Gasteiger partial charge is 0.154 e. The van der Waals surface area contributed by atoms with Gasteiger partial charge >= 0.3 is 0 Å². The first-order chi connectivity index (χ1) is 10.1. The molecule has 0 spiro atoms. The van der Waals surface area contributed by atoms with Gasteiger partial charge in [0, 0.05) is 18.8 Å². The number of benzene rings is 1. The van der Waals surface area contributed by atoms with Crippen molar-refractivity contribution in [2.75, 3.05) is 23.3 Å². The van der Waals surface area contributed by atoms with E-state index in [0.29, 0.717) is 21.7 Å². The van der Waals surface area contributed by atoms with Crippen LogP contribution in [0.4, 0.5) is 17.3 Å². The first kappa shape index (κ1) is 15.9. The minimum atomic E-state index is 0.533. The van der Waals surface area contributed by atoms with Crippen molar-refractivity contribution >= 4 is 40.5 Å². The molecule has 1 N–H and O–H groups in total. The molecule has 1 heterocycles. The van der Waals surface area contributed by atoms with Crippen LogP contribution >= 0.6 is 23.2 Å². The van der Waals surface area contributed by atoms with Crippen molar-refractivity contribution in [3.8, 4) is 0 Å². The van der Waals surface area contributed by atoms with Crippen molar-refractivity contribution in [3.05, 3.63) is 45.9 Å². The third-order valence-corrected chi connectivity index (χ3v) is 3.71. The molecule has 0 radical (unpaired) electrons. The molecule has 5 heteroatoms. The van der Waals surface area contributed by atoms with E-state index >= 15 is 0 Å². The zero-order chi connectivity index (χ0) is 15.4. The largest absolute Gasteiger partial charge is 0.369 e. The summed E-state index contributed by atoms with van der Waals surface area (Å²) < 4.78 is 0. The molecule has 0 aliphatic carbocycles. The summed E-state index contributed by atoms with van der Waals surface area (Å²) >= 11 is 12.5. The summed E-state index contributed by atoms with van der Waals surface area (Å²) in [4.78, 5) is 6.67.